The Balaban J connectivity index is 3.55. The minimum Gasteiger partial charge on any atom is -0.507 e. The fraction of sp³-hybridized carbons (Fsp3) is 0.500. The minimum atomic E-state index is -0.446. The van der Waals surface area contributed by atoms with E-state index in [1.807, 2.05) is 41.5 Å². The van der Waals surface area contributed by atoms with Gasteiger partial charge >= 0.3 is 0 Å². The molecule has 0 saturated heterocycles. The lowest BCUT2D eigenvalue weighted by atomic mass is 9.78. The molecule has 0 aromatic heterocycles. The molecule has 0 fully saturated rings. The second kappa shape index (κ2) is 5.39. The summed E-state index contributed by atoms with van der Waals surface area (Å²) in [6.07, 6.45) is 0. The Morgan fingerprint density at radius 2 is 1.48 bits per heavy atom. The van der Waals surface area contributed by atoms with Crippen molar-refractivity contribution >= 4 is 11.9 Å². The Labute approximate surface area is 126 Å². The fourth-order valence-electron chi connectivity index (χ4n) is 2.10. The van der Waals surface area contributed by atoms with E-state index < -0.39 is 11.9 Å². The number of guanidine groups is 1. The summed E-state index contributed by atoms with van der Waals surface area (Å²) in [5, 5.41) is 20.0. The first-order chi connectivity index (χ1) is 9.34. The first-order valence-corrected chi connectivity index (χ1v) is 6.87. The van der Waals surface area contributed by atoms with Crippen molar-refractivity contribution in [2.24, 2.45) is 5.73 Å². The highest BCUT2D eigenvalue weighted by molar-refractivity contribution is 6.04. The molecule has 0 spiro atoms. The number of nitrogens with two attached hydrogens (primary N) is 1. The topological polar surface area (TPSA) is 99.2 Å². The Bertz CT molecular complexity index is 543. The average molecular weight is 291 g/mol. The first kappa shape index (κ1) is 17.0. The van der Waals surface area contributed by atoms with Crippen LogP contribution in [0.2, 0.25) is 0 Å². The summed E-state index contributed by atoms with van der Waals surface area (Å²) in [6.45, 7) is 11.8. The van der Waals surface area contributed by atoms with Crippen LogP contribution < -0.4 is 11.1 Å². The van der Waals surface area contributed by atoms with Gasteiger partial charge in [-0.1, -0.05) is 41.5 Å². The molecule has 1 rings (SSSR count). The van der Waals surface area contributed by atoms with Gasteiger partial charge in [-0.25, -0.2) is 0 Å². The zero-order valence-corrected chi connectivity index (χ0v) is 13.6. The molecule has 1 aromatic carbocycles. The van der Waals surface area contributed by atoms with E-state index >= 15 is 0 Å². The molecule has 0 aliphatic rings. The van der Waals surface area contributed by atoms with Crippen LogP contribution in [0.15, 0.2) is 12.1 Å². The molecular weight excluding hydrogens is 266 g/mol. The van der Waals surface area contributed by atoms with Gasteiger partial charge in [0.05, 0.1) is 0 Å². The van der Waals surface area contributed by atoms with Gasteiger partial charge in [-0.3, -0.25) is 15.5 Å². The van der Waals surface area contributed by atoms with Crippen LogP contribution in [0.1, 0.15) is 63.0 Å². The second-order valence-electron chi connectivity index (χ2n) is 7.29. The summed E-state index contributed by atoms with van der Waals surface area (Å²) in [4.78, 5) is 12.1. The van der Waals surface area contributed by atoms with Gasteiger partial charge in [-0.2, -0.15) is 0 Å². The van der Waals surface area contributed by atoms with Crippen LogP contribution in [-0.4, -0.2) is 17.0 Å². The van der Waals surface area contributed by atoms with E-state index in [2.05, 4.69) is 5.32 Å². The largest absolute Gasteiger partial charge is 0.507 e. The maximum atomic E-state index is 12.1. The lowest BCUT2D eigenvalue weighted by Crippen LogP contribution is -2.36. The Morgan fingerprint density at radius 3 is 1.76 bits per heavy atom. The number of nitrogens with one attached hydrogen (secondary N) is 2. The standard InChI is InChI=1S/C16H25N3O2/c1-15(2,3)10-7-9(13(21)19-14(17)18)8-11(12(10)20)16(4,5)6/h7-8,20H,1-6H3,(H4,17,18,19,21). The van der Waals surface area contributed by atoms with Crippen molar-refractivity contribution in [1.82, 2.24) is 5.32 Å². The summed E-state index contributed by atoms with van der Waals surface area (Å²) in [5.41, 5.74) is 6.37. The second-order valence-corrected chi connectivity index (χ2v) is 7.29. The molecule has 5 heteroatoms. The smallest absolute Gasteiger partial charge is 0.257 e. The highest BCUT2D eigenvalue weighted by atomic mass is 16.3. The average Bonchev–Trinajstić information content (AvgIpc) is 2.24. The number of carbonyl (C=O) groups is 1. The van der Waals surface area contributed by atoms with Gasteiger partial charge < -0.3 is 10.8 Å². The van der Waals surface area contributed by atoms with E-state index in [9.17, 15) is 9.90 Å². The number of hydrogen-bond donors (Lipinski definition) is 4. The highest BCUT2D eigenvalue weighted by Gasteiger charge is 2.27. The predicted molar refractivity (Wildman–Crippen MR) is 84.9 cm³/mol. The third-order valence-electron chi connectivity index (χ3n) is 3.24. The number of benzene rings is 1. The van der Waals surface area contributed by atoms with E-state index in [0.717, 1.165) is 0 Å². The normalized spacial score (nSPS) is 12.1. The van der Waals surface area contributed by atoms with Crippen molar-refractivity contribution in [3.8, 4) is 5.75 Å². The summed E-state index contributed by atoms with van der Waals surface area (Å²) >= 11 is 0. The van der Waals surface area contributed by atoms with Gasteiger partial charge in [0.15, 0.2) is 5.96 Å². The molecule has 21 heavy (non-hydrogen) atoms. The highest BCUT2D eigenvalue weighted by Crippen LogP contribution is 2.39. The lowest BCUT2D eigenvalue weighted by Gasteiger charge is -2.28. The van der Waals surface area contributed by atoms with E-state index in [1.165, 1.54) is 0 Å². The lowest BCUT2D eigenvalue weighted by molar-refractivity contribution is 0.0976. The molecule has 0 heterocycles. The third-order valence-corrected chi connectivity index (χ3v) is 3.24. The Kier molecular flexibility index (Phi) is 4.37. The SMILES string of the molecule is CC(C)(C)c1cc(C(=O)NC(=N)N)cc(C(C)(C)C)c1O. The fourth-order valence-corrected chi connectivity index (χ4v) is 2.10. The molecule has 0 radical (unpaired) electrons. The van der Waals surface area contributed by atoms with Crippen molar-refractivity contribution < 1.29 is 9.90 Å². The molecule has 1 amide bonds. The van der Waals surface area contributed by atoms with E-state index in [4.69, 9.17) is 11.1 Å². The number of rotatable bonds is 1. The number of hydrogen-bond acceptors (Lipinski definition) is 3. The monoisotopic (exact) mass is 291 g/mol. The molecule has 0 bridgehead atoms. The molecule has 116 valence electrons. The van der Waals surface area contributed by atoms with Crippen LogP contribution in [0.3, 0.4) is 0 Å². The molecule has 0 atom stereocenters. The van der Waals surface area contributed by atoms with Crippen LogP contribution in [0.25, 0.3) is 0 Å². The molecule has 0 unspecified atom stereocenters. The van der Waals surface area contributed by atoms with Crippen molar-refractivity contribution in [2.75, 3.05) is 0 Å². The van der Waals surface area contributed by atoms with Crippen LogP contribution in [0, 0.1) is 5.41 Å². The maximum Gasteiger partial charge on any atom is 0.257 e. The molecule has 0 aliphatic heterocycles. The van der Waals surface area contributed by atoms with E-state index in [1.54, 1.807) is 12.1 Å². The molecule has 5 nitrogen and oxygen atoms in total. The maximum absolute atomic E-state index is 12.1. The van der Waals surface area contributed by atoms with Gasteiger partial charge in [-0.05, 0) is 23.0 Å². The van der Waals surface area contributed by atoms with Gasteiger partial charge in [0.2, 0.25) is 0 Å². The summed E-state index contributed by atoms with van der Waals surface area (Å²) in [7, 11) is 0. The molecule has 0 saturated carbocycles. The van der Waals surface area contributed by atoms with Crippen LogP contribution in [0.4, 0.5) is 0 Å². The van der Waals surface area contributed by atoms with Crippen molar-refractivity contribution in [1.29, 1.82) is 5.41 Å². The number of carbonyl (C=O) groups excluding carboxylic acids is 1. The molecule has 0 aliphatic carbocycles. The Morgan fingerprint density at radius 1 is 1.10 bits per heavy atom. The van der Waals surface area contributed by atoms with Gasteiger partial charge in [0.1, 0.15) is 5.75 Å². The number of aromatic hydroxyl groups is 1. The number of phenolic OH excluding ortho intramolecular Hbond substituents is 1. The van der Waals surface area contributed by atoms with Crippen LogP contribution >= 0.6 is 0 Å². The first-order valence-electron chi connectivity index (χ1n) is 6.87. The quantitative estimate of drug-likeness (QED) is 0.472. The molecule has 5 N–H and O–H groups in total. The number of amides is 1. The zero-order valence-electron chi connectivity index (χ0n) is 13.6. The number of phenols is 1. The molecule has 1 aromatic rings. The van der Waals surface area contributed by atoms with Gasteiger partial charge in [0, 0.05) is 16.7 Å². The van der Waals surface area contributed by atoms with Crippen molar-refractivity contribution in [3.63, 3.8) is 0 Å². The zero-order chi connectivity index (χ0) is 16.6. The van der Waals surface area contributed by atoms with Crippen LogP contribution in [0.5, 0.6) is 5.75 Å². The third kappa shape index (κ3) is 3.97. The molecular formula is C16H25N3O2. The summed E-state index contributed by atoms with van der Waals surface area (Å²) in [6, 6.07) is 3.31. The van der Waals surface area contributed by atoms with E-state index in [0.29, 0.717) is 16.7 Å². The minimum absolute atomic E-state index is 0.217. The van der Waals surface area contributed by atoms with Crippen LogP contribution in [-0.2, 0) is 10.8 Å². The van der Waals surface area contributed by atoms with E-state index in [-0.39, 0.29) is 16.6 Å². The predicted octanol–water partition coefficient (Wildman–Crippen LogP) is 2.61. The summed E-state index contributed by atoms with van der Waals surface area (Å²) < 4.78 is 0. The summed E-state index contributed by atoms with van der Waals surface area (Å²) in [5.74, 6) is -0.629. The van der Waals surface area contributed by atoms with Gasteiger partial charge in [-0.15, -0.1) is 0 Å². The Hall–Kier alpha value is -2.04. The van der Waals surface area contributed by atoms with Crippen molar-refractivity contribution in [3.05, 3.63) is 28.8 Å². The van der Waals surface area contributed by atoms with Crippen molar-refractivity contribution in [2.45, 2.75) is 52.4 Å². The van der Waals surface area contributed by atoms with Gasteiger partial charge in [0.25, 0.3) is 5.91 Å².